The van der Waals surface area contributed by atoms with Gasteiger partial charge in [-0.25, -0.2) is 4.79 Å². The van der Waals surface area contributed by atoms with Crippen LogP contribution in [0.4, 0.5) is 5.00 Å². The van der Waals surface area contributed by atoms with Gasteiger partial charge in [0.2, 0.25) is 5.91 Å². The number of rotatable bonds is 7. The Labute approximate surface area is 170 Å². The van der Waals surface area contributed by atoms with Crippen molar-refractivity contribution in [3.05, 3.63) is 58.3 Å². The fourth-order valence-corrected chi connectivity index (χ4v) is 4.90. The SMILES string of the molecule is CCOC(=O)c1c(-c2cccs2)csc1NC(=O)CSc1ccc(C)cc1. The van der Waals surface area contributed by atoms with Crippen molar-refractivity contribution in [2.45, 2.75) is 18.7 Å². The van der Waals surface area contributed by atoms with Gasteiger partial charge in [-0.2, -0.15) is 0 Å². The summed E-state index contributed by atoms with van der Waals surface area (Å²) in [5, 5.41) is 7.26. The maximum Gasteiger partial charge on any atom is 0.341 e. The van der Waals surface area contributed by atoms with Crippen LogP contribution in [0.25, 0.3) is 10.4 Å². The Bertz CT molecular complexity index is 915. The zero-order chi connectivity index (χ0) is 19.2. The number of esters is 1. The molecule has 1 aromatic carbocycles. The summed E-state index contributed by atoms with van der Waals surface area (Å²) < 4.78 is 5.20. The van der Waals surface area contributed by atoms with Crippen molar-refractivity contribution >= 4 is 51.3 Å². The van der Waals surface area contributed by atoms with Gasteiger partial charge >= 0.3 is 5.97 Å². The Kier molecular flexibility index (Phi) is 6.71. The molecule has 0 unspecified atom stereocenters. The van der Waals surface area contributed by atoms with Gasteiger partial charge in [-0.05, 0) is 37.4 Å². The Morgan fingerprint density at radius 2 is 1.93 bits per heavy atom. The van der Waals surface area contributed by atoms with E-state index in [9.17, 15) is 9.59 Å². The lowest BCUT2D eigenvalue weighted by molar-refractivity contribution is -0.113. The van der Waals surface area contributed by atoms with Gasteiger partial charge in [0.05, 0.1) is 12.4 Å². The maximum absolute atomic E-state index is 12.5. The second kappa shape index (κ2) is 9.21. The molecule has 4 nitrogen and oxygen atoms in total. The number of thioether (sulfide) groups is 1. The molecule has 0 aliphatic heterocycles. The van der Waals surface area contributed by atoms with E-state index in [1.807, 2.05) is 54.1 Å². The van der Waals surface area contributed by atoms with E-state index in [4.69, 9.17) is 4.74 Å². The number of nitrogens with one attached hydrogen (secondary N) is 1. The van der Waals surface area contributed by atoms with E-state index in [1.54, 1.807) is 18.3 Å². The predicted molar refractivity (Wildman–Crippen MR) is 114 cm³/mol. The van der Waals surface area contributed by atoms with Crippen LogP contribution in [-0.4, -0.2) is 24.2 Å². The fraction of sp³-hybridized carbons (Fsp3) is 0.200. The highest BCUT2D eigenvalue weighted by Crippen LogP contribution is 2.38. The fourth-order valence-electron chi connectivity index (χ4n) is 2.42. The first-order valence-electron chi connectivity index (χ1n) is 8.40. The third-order valence-electron chi connectivity index (χ3n) is 3.70. The summed E-state index contributed by atoms with van der Waals surface area (Å²) >= 11 is 4.36. The second-order valence-corrected chi connectivity index (χ2v) is 8.58. The van der Waals surface area contributed by atoms with Crippen molar-refractivity contribution in [2.24, 2.45) is 0 Å². The largest absolute Gasteiger partial charge is 0.462 e. The molecule has 0 radical (unpaired) electrons. The summed E-state index contributed by atoms with van der Waals surface area (Å²) in [6.07, 6.45) is 0. The molecule has 140 valence electrons. The molecule has 0 atom stereocenters. The van der Waals surface area contributed by atoms with Gasteiger partial charge < -0.3 is 10.1 Å². The Hall–Kier alpha value is -2.09. The van der Waals surface area contributed by atoms with Crippen LogP contribution in [0.15, 0.2) is 52.1 Å². The Balaban J connectivity index is 1.74. The van der Waals surface area contributed by atoms with Gasteiger partial charge in [0.1, 0.15) is 10.6 Å². The molecule has 0 saturated carbocycles. The summed E-state index contributed by atoms with van der Waals surface area (Å²) in [5.41, 5.74) is 2.41. The summed E-state index contributed by atoms with van der Waals surface area (Å²) in [5.74, 6) is -0.285. The van der Waals surface area contributed by atoms with Crippen molar-refractivity contribution in [3.8, 4) is 10.4 Å². The van der Waals surface area contributed by atoms with Gasteiger partial charge in [0.25, 0.3) is 0 Å². The first-order valence-corrected chi connectivity index (χ1v) is 11.1. The molecule has 2 aromatic heterocycles. The van der Waals surface area contributed by atoms with Gasteiger partial charge in [-0.3, -0.25) is 4.79 Å². The molecule has 0 bridgehead atoms. The van der Waals surface area contributed by atoms with Crippen molar-refractivity contribution in [1.82, 2.24) is 0 Å². The smallest absolute Gasteiger partial charge is 0.341 e. The highest BCUT2D eigenvalue weighted by molar-refractivity contribution is 8.00. The van der Waals surface area contributed by atoms with Crippen LogP contribution in [0.3, 0.4) is 0 Å². The normalized spacial score (nSPS) is 10.6. The van der Waals surface area contributed by atoms with E-state index >= 15 is 0 Å². The van der Waals surface area contributed by atoms with Crippen molar-refractivity contribution in [1.29, 1.82) is 0 Å². The molecular formula is C20H19NO3S3. The zero-order valence-corrected chi connectivity index (χ0v) is 17.4. The van der Waals surface area contributed by atoms with Gasteiger partial charge in [0.15, 0.2) is 0 Å². The number of carbonyl (C=O) groups excluding carboxylic acids is 2. The lowest BCUT2D eigenvalue weighted by atomic mass is 10.1. The van der Waals surface area contributed by atoms with E-state index in [0.717, 1.165) is 15.3 Å². The molecule has 0 spiro atoms. The third-order valence-corrected chi connectivity index (χ3v) is 6.51. The molecule has 0 aliphatic rings. The lowest BCUT2D eigenvalue weighted by Gasteiger charge is -2.08. The molecule has 1 N–H and O–H groups in total. The number of benzene rings is 1. The van der Waals surface area contributed by atoms with Gasteiger partial charge in [-0.1, -0.05) is 23.8 Å². The number of anilines is 1. The van der Waals surface area contributed by atoms with Crippen LogP contribution < -0.4 is 5.32 Å². The van der Waals surface area contributed by atoms with Gasteiger partial charge in [-0.15, -0.1) is 34.4 Å². The molecule has 7 heteroatoms. The number of hydrogen-bond acceptors (Lipinski definition) is 6. The highest BCUT2D eigenvalue weighted by atomic mass is 32.2. The summed E-state index contributed by atoms with van der Waals surface area (Å²) in [7, 11) is 0. The van der Waals surface area contributed by atoms with E-state index in [-0.39, 0.29) is 18.3 Å². The average molecular weight is 418 g/mol. The number of carbonyl (C=O) groups is 2. The monoisotopic (exact) mass is 417 g/mol. The first-order chi connectivity index (χ1) is 13.1. The summed E-state index contributed by atoms with van der Waals surface area (Å²) in [6, 6.07) is 11.9. The molecule has 0 fully saturated rings. The summed E-state index contributed by atoms with van der Waals surface area (Å²) in [6.45, 7) is 4.08. The lowest BCUT2D eigenvalue weighted by Crippen LogP contribution is -2.16. The van der Waals surface area contributed by atoms with E-state index < -0.39 is 5.97 Å². The molecule has 0 saturated heterocycles. The molecule has 3 rings (SSSR count). The average Bonchev–Trinajstić information content (AvgIpc) is 3.31. The quantitative estimate of drug-likeness (QED) is 0.396. The van der Waals surface area contributed by atoms with Crippen LogP contribution >= 0.6 is 34.4 Å². The van der Waals surface area contributed by atoms with E-state index in [1.165, 1.54) is 28.7 Å². The number of amides is 1. The maximum atomic E-state index is 12.5. The van der Waals surface area contributed by atoms with Gasteiger partial charge in [0, 0.05) is 20.7 Å². The molecular weight excluding hydrogens is 398 g/mol. The van der Waals surface area contributed by atoms with Crippen LogP contribution in [-0.2, 0) is 9.53 Å². The second-order valence-electron chi connectivity index (χ2n) is 5.70. The number of ether oxygens (including phenoxy) is 1. The Morgan fingerprint density at radius 3 is 2.59 bits per heavy atom. The Morgan fingerprint density at radius 1 is 1.15 bits per heavy atom. The molecule has 0 aliphatic carbocycles. The topological polar surface area (TPSA) is 55.4 Å². The summed E-state index contributed by atoms with van der Waals surface area (Å²) in [4.78, 5) is 26.9. The number of aryl methyl sites for hydroxylation is 1. The van der Waals surface area contributed by atoms with E-state index in [0.29, 0.717) is 10.6 Å². The molecule has 2 heterocycles. The molecule has 27 heavy (non-hydrogen) atoms. The highest BCUT2D eigenvalue weighted by Gasteiger charge is 2.23. The van der Waals surface area contributed by atoms with Crippen LogP contribution in [0, 0.1) is 6.92 Å². The standard InChI is InChI=1S/C20H19NO3S3/c1-3-24-20(23)18-15(16-5-4-10-25-16)11-27-19(18)21-17(22)12-26-14-8-6-13(2)7-9-14/h4-11H,3,12H2,1-2H3,(H,21,22). The minimum absolute atomic E-state index is 0.147. The van der Waals surface area contributed by atoms with Crippen LogP contribution in [0.5, 0.6) is 0 Å². The predicted octanol–water partition coefficient (Wildman–Crippen LogP) is 5.69. The van der Waals surface area contributed by atoms with Crippen LogP contribution in [0.2, 0.25) is 0 Å². The number of hydrogen-bond donors (Lipinski definition) is 1. The minimum atomic E-state index is -0.413. The van der Waals surface area contributed by atoms with Crippen molar-refractivity contribution in [2.75, 3.05) is 17.7 Å². The number of thiophene rings is 2. The van der Waals surface area contributed by atoms with Crippen molar-refractivity contribution < 1.29 is 14.3 Å². The zero-order valence-electron chi connectivity index (χ0n) is 15.0. The minimum Gasteiger partial charge on any atom is -0.462 e. The van der Waals surface area contributed by atoms with Crippen molar-refractivity contribution in [3.63, 3.8) is 0 Å². The van der Waals surface area contributed by atoms with E-state index in [2.05, 4.69) is 5.32 Å². The molecule has 1 amide bonds. The van der Waals surface area contributed by atoms with Crippen LogP contribution in [0.1, 0.15) is 22.8 Å². The first kappa shape index (κ1) is 19.7. The molecule has 3 aromatic rings. The third kappa shape index (κ3) is 5.00.